The monoisotopic (exact) mass is 363 g/mol. The fourth-order valence-electron chi connectivity index (χ4n) is 1.77. The van der Waals surface area contributed by atoms with Gasteiger partial charge in [0.25, 0.3) is 5.91 Å². The van der Waals surface area contributed by atoms with Crippen LogP contribution in [-0.4, -0.2) is 36.0 Å². The van der Waals surface area contributed by atoms with E-state index in [0.29, 0.717) is 17.8 Å². The number of anilines is 1. The molecule has 0 atom stereocenters. The summed E-state index contributed by atoms with van der Waals surface area (Å²) in [6.45, 7) is 4.41. The average molecular weight is 363 g/mol. The van der Waals surface area contributed by atoms with E-state index in [1.165, 1.54) is 0 Å². The van der Waals surface area contributed by atoms with Crippen molar-refractivity contribution in [3.8, 4) is 0 Å². The maximum Gasteiger partial charge on any atom is 0.330 e. The minimum atomic E-state index is -0.616. The van der Waals surface area contributed by atoms with Crippen LogP contribution in [0, 0.1) is 0 Å². The highest BCUT2D eigenvalue weighted by Gasteiger charge is 2.11. The van der Waals surface area contributed by atoms with Crippen molar-refractivity contribution >= 4 is 40.8 Å². The Hall–Kier alpha value is -2.74. The lowest BCUT2D eigenvalue weighted by molar-refractivity contribution is -0.137. The maximum atomic E-state index is 12.1. The van der Waals surface area contributed by atoms with Gasteiger partial charge >= 0.3 is 5.97 Å². The molecule has 0 aliphatic heterocycles. The van der Waals surface area contributed by atoms with Crippen LogP contribution in [0.5, 0.6) is 0 Å². The Morgan fingerprint density at radius 2 is 1.88 bits per heavy atom. The molecule has 8 heteroatoms. The summed E-state index contributed by atoms with van der Waals surface area (Å²) in [5.74, 6) is -1.44. The number of thiocarbonyl (C=S) groups is 1. The van der Waals surface area contributed by atoms with Crippen molar-refractivity contribution in [2.24, 2.45) is 0 Å². The summed E-state index contributed by atoms with van der Waals surface area (Å²) in [6, 6.07) is 6.80. The van der Waals surface area contributed by atoms with E-state index in [-0.39, 0.29) is 17.6 Å². The quantitative estimate of drug-likeness (QED) is 0.388. The number of carbonyl (C=O) groups excluding carboxylic acids is 3. The molecule has 1 aromatic carbocycles. The van der Waals surface area contributed by atoms with Crippen LogP contribution in [0.4, 0.5) is 5.69 Å². The second kappa shape index (κ2) is 10.9. The largest absolute Gasteiger partial charge is 0.463 e. The van der Waals surface area contributed by atoms with Gasteiger partial charge in [0.2, 0.25) is 5.91 Å². The Balaban J connectivity index is 2.67. The summed E-state index contributed by atoms with van der Waals surface area (Å²) in [7, 11) is 0. The van der Waals surface area contributed by atoms with Crippen LogP contribution < -0.4 is 16.0 Å². The second-order valence-corrected chi connectivity index (χ2v) is 5.24. The number of amides is 2. The van der Waals surface area contributed by atoms with Gasteiger partial charge in [-0.3, -0.25) is 14.9 Å². The van der Waals surface area contributed by atoms with Gasteiger partial charge in [0, 0.05) is 18.7 Å². The molecule has 0 bridgehead atoms. The molecule has 0 saturated heterocycles. The van der Waals surface area contributed by atoms with Gasteiger partial charge in [-0.2, -0.15) is 0 Å². The predicted molar refractivity (Wildman–Crippen MR) is 99.2 cm³/mol. The first-order chi connectivity index (χ1) is 12.0. The fraction of sp³-hybridized carbons (Fsp3) is 0.294. The van der Waals surface area contributed by atoms with Crippen LogP contribution in [0.1, 0.15) is 30.6 Å². The van der Waals surface area contributed by atoms with E-state index >= 15 is 0 Å². The minimum Gasteiger partial charge on any atom is -0.463 e. The summed E-state index contributed by atoms with van der Waals surface area (Å²) in [5, 5.41) is 7.97. The highest BCUT2D eigenvalue weighted by molar-refractivity contribution is 7.80. The molecule has 3 N–H and O–H groups in total. The number of benzene rings is 1. The Morgan fingerprint density at radius 3 is 2.56 bits per heavy atom. The van der Waals surface area contributed by atoms with Crippen molar-refractivity contribution in [2.45, 2.75) is 20.3 Å². The van der Waals surface area contributed by atoms with Gasteiger partial charge in [0.05, 0.1) is 17.9 Å². The molecule has 134 valence electrons. The standard InChI is InChI=1S/C17H21N3O4S/c1-3-11-18-16(23)12-7-5-6-8-13(12)19-17(25)20-14(21)9-10-15(22)24-4-2/h5-10H,3-4,11H2,1-2H3,(H,18,23)(H2,19,20,21,25). The first-order valence-electron chi connectivity index (χ1n) is 7.82. The van der Waals surface area contributed by atoms with Gasteiger partial charge < -0.3 is 15.4 Å². The number of hydrogen-bond acceptors (Lipinski definition) is 5. The highest BCUT2D eigenvalue weighted by Crippen LogP contribution is 2.14. The molecule has 0 aliphatic carbocycles. The van der Waals surface area contributed by atoms with Crippen molar-refractivity contribution in [3.63, 3.8) is 0 Å². The van der Waals surface area contributed by atoms with E-state index in [1.54, 1.807) is 31.2 Å². The van der Waals surface area contributed by atoms with Crippen LogP contribution >= 0.6 is 12.2 Å². The third kappa shape index (κ3) is 7.58. The molecule has 0 unspecified atom stereocenters. The van der Waals surface area contributed by atoms with E-state index in [0.717, 1.165) is 18.6 Å². The Labute approximate surface area is 151 Å². The summed E-state index contributed by atoms with van der Waals surface area (Å²) >= 11 is 5.05. The topological polar surface area (TPSA) is 96.5 Å². The first kappa shape index (κ1) is 20.3. The lowest BCUT2D eigenvalue weighted by Crippen LogP contribution is -2.34. The summed E-state index contributed by atoms with van der Waals surface area (Å²) in [5.41, 5.74) is 0.880. The first-order valence-corrected chi connectivity index (χ1v) is 8.22. The molecular weight excluding hydrogens is 342 g/mol. The number of esters is 1. The normalized spacial score (nSPS) is 10.2. The van der Waals surface area contributed by atoms with Crippen LogP contribution in [0.25, 0.3) is 0 Å². The molecule has 0 spiro atoms. The van der Waals surface area contributed by atoms with Gasteiger partial charge in [0.1, 0.15) is 0 Å². The van der Waals surface area contributed by atoms with Crippen molar-refractivity contribution in [3.05, 3.63) is 42.0 Å². The lowest BCUT2D eigenvalue weighted by Gasteiger charge is -2.12. The zero-order chi connectivity index (χ0) is 18.7. The van der Waals surface area contributed by atoms with Gasteiger partial charge in [-0.25, -0.2) is 4.79 Å². The SMILES string of the molecule is CCCNC(=O)c1ccccc1NC(=S)NC(=O)C=CC(=O)OCC. The number of nitrogens with one attached hydrogen (secondary N) is 3. The van der Waals surface area contributed by atoms with Crippen LogP contribution in [-0.2, 0) is 14.3 Å². The molecule has 0 radical (unpaired) electrons. The van der Waals surface area contributed by atoms with E-state index < -0.39 is 11.9 Å². The van der Waals surface area contributed by atoms with Crippen LogP contribution in [0.2, 0.25) is 0 Å². The van der Waals surface area contributed by atoms with Gasteiger partial charge in [-0.1, -0.05) is 19.1 Å². The minimum absolute atomic E-state index is 0.00857. The molecule has 0 fully saturated rings. The number of carbonyl (C=O) groups is 3. The zero-order valence-corrected chi connectivity index (χ0v) is 14.9. The molecule has 0 heterocycles. The zero-order valence-electron chi connectivity index (χ0n) is 14.1. The van der Waals surface area contributed by atoms with Gasteiger partial charge in [-0.05, 0) is 37.7 Å². The van der Waals surface area contributed by atoms with Crippen molar-refractivity contribution in [1.82, 2.24) is 10.6 Å². The Morgan fingerprint density at radius 1 is 1.16 bits per heavy atom. The van der Waals surface area contributed by atoms with Crippen LogP contribution in [0.3, 0.4) is 0 Å². The molecule has 7 nitrogen and oxygen atoms in total. The third-order valence-electron chi connectivity index (χ3n) is 2.85. The Bertz CT molecular complexity index is 674. The van der Waals surface area contributed by atoms with Crippen molar-refractivity contribution < 1.29 is 19.1 Å². The summed E-state index contributed by atoms with van der Waals surface area (Å²) < 4.78 is 4.67. The highest BCUT2D eigenvalue weighted by atomic mass is 32.1. The number of ether oxygens (including phenoxy) is 1. The van der Waals surface area contributed by atoms with Gasteiger partial charge in [0.15, 0.2) is 5.11 Å². The smallest absolute Gasteiger partial charge is 0.330 e. The molecule has 1 aromatic rings. The van der Waals surface area contributed by atoms with Crippen molar-refractivity contribution in [2.75, 3.05) is 18.5 Å². The molecule has 0 aromatic heterocycles. The molecule has 25 heavy (non-hydrogen) atoms. The van der Waals surface area contributed by atoms with E-state index in [4.69, 9.17) is 12.2 Å². The summed E-state index contributed by atoms with van der Waals surface area (Å²) in [4.78, 5) is 35.0. The van der Waals surface area contributed by atoms with Crippen molar-refractivity contribution in [1.29, 1.82) is 0 Å². The number of hydrogen-bond donors (Lipinski definition) is 3. The second-order valence-electron chi connectivity index (χ2n) is 4.83. The molecule has 1 rings (SSSR count). The lowest BCUT2D eigenvalue weighted by atomic mass is 10.1. The fourth-order valence-corrected chi connectivity index (χ4v) is 1.98. The molecule has 0 saturated carbocycles. The van der Waals surface area contributed by atoms with Gasteiger partial charge in [-0.15, -0.1) is 0 Å². The van der Waals surface area contributed by atoms with Crippen LogP contribution in [0.15, 0.2) is 36.4 Å². The molecule has 2 amide bonds. The summed E-state index contributed by atoms with van der Waals surface area (Å²) in [6.07, 6.45) is 2.85. The molecule has 0 aliphatic rings. The maximum absolute atomic E-state index is 12.1. The third-order valence-corrected chi connectivity index (χ3v) is 3.05. The molecular formula is C17H21N3O4S. The predicted octanol–water partition coefficient (Wildman–Crippen LogP) is 1.76. The Kier molecular flexibility index (Phi) is 8.87. The number of rotatable bonds is 7. The van der Waals surface area contributed by atoms with E-state index in [9.17, 15) is 14.4 Å². The van der Waals surface area contributed by atoms with E-state index in [2.05, 4.69) is 20.7 Å². The number of para-hydroxylation sites is 1. The average Bonchev–Trinajstić information content (AvgIpc) is 2.58. The van der Waals surface area contributed by atoms with E-state index in [1.807, 2.05) is 6.92 Å².